The van der Waals surface area contributed by atoms with Crippen LogP contribution in [0.5, 0.6) is 5.75 Å². The number of aromatic nitrogens is 4. The van der Waals surface area contributed by atoms with E-state index in [1.54, 1.807) is 11.6 Å². The zero-order valence-corrected chi connectivity index (χ0v) is 18.2. The van der Waals surface area contributed by atoms with E-state index in [1.165, 1.54) is 16.9 Å². The average Bonchev–Trinajstić information content (AvgIpc) is 3.34. The number of amides is 1. The van der Waals surface area contributed by atoms with E-state index < -0.39 is 0 Å². The molecule has 0 unspecified atom stereocenters. The molecular formula is C22H23N5O2S. The molecule has 0 radical (unpaired) electrons. The Hall–Kier alpha value is -3.26. The highest BCUT2D eigenvalue weighted by Crippen LogP contribution is 2.33. The molecule has 1 N–H and O–H groups in total. The summed E-state index contributed by atoms with van der Waals surface area (Å²) >= 11 is 1.45. The third-order valence-corrected chi connectivity index (χ3v) is 5.85. The van der Waals surface area contributed by atoms with E-state index in [9.17, 15) is 4.79 Å². The Morgan fingerprint density at radius 2 is 1.93 bits per heavy atom. The number of fused-ring (bicyclic) bond motifs is 1. The highest BCUT2D eigenvalue weighted by molar-refractivity contribution is 7.19. The van der Waals surface area contributed by atoms with E-state index in [0.29, 0.717) is 22.9 Å². The Kier molecular flexibility index (Phi) is 5.50. The maximum atomic E-state index is 12.8. The fourth-order valence-electron chi connectivity index (χ4n) is 3.15. The molecule has 2 aromatic carbocycles. The van der Waals surface area contributed by atoms with Gasteiger partial charge in [0.15, 0.2) is 5.82 Å². The van der Waals surface area contributed by atoms with Crippen LogP contribution >= 0.6 is 11.3 Å². The van der Waals surface area contributed by atoms with Crippen molar-refractivity contribution in [3.05, 3.63) is 59.4 Å². The van der Waals surface area contributed by atoms with Gasteiger partial charge in [-0.15, -0.1) is 10.2 Å². The minimum absolute atomic E-state index is 0.188. The lowest BCUT2D eigenvalue weighted by Crippen LogP contribution is -2.12. The lowest BCUT2D eigenvalue weighted by Gasteiger charge is -2.12. The van der Waals surface area contributed by atoms with Gasteiger partial charge in [0.1, 0.15) is 10.8 Å². The number of hydrogen-bond donors (Lipinski definition) is 1. The molecule has 2 heterocycles. The number of rotatable bonds is 6. The quantitative estimate of drug-likeness (QED) is 0.484. The second-order valence-corrected chi connectivity index (χ2v) is 8.17. The van der Waals surface area contributed by atoms with Gasteiger partial charge in [0.05, 0.1) is 12.8 Å². The molecular weight excluding hydrogens is 398 g/mol. The summed E-state index contributed by atoms with van der Waals surface area (Å²) in [5, 5.41) is 16.7. The smallest absolute Gasteiger partial charge is 0.255 e. The van der Waals surface area contributed by atoms with Crippen molar-refractivity contribution in [3.8, 4) is 16.3 Å². The maximum Gasteiger partial charge on any atom is 0.255 e. The topological polar surface area (TPSA) is 81.4 Å². The Labute approximate surface area is 178 Å². The molecule has 8 heteroatoms. The average molecular weight is 422 g/mol. The minimum Gasteiger partial charge on any atom is -0.495 e. The third-order valence-electron chi connectivity index (χ3n) is 4.91. The van der Waals surface area contributed by atoms with Crippen molar-refractivity contribution in [1.29, 1.82) is 0 Å². The number of hydrogen-bond acceptors (Lipinski definition) is 6. The predicted molar refractivity (Wildman–Crippen MR) is 119 cm³/mol. The summed E-state index contributed by atoms with van der Waals surface area (Å²) in [5.41, 5.74) is 3.26. The number of methoxy groups -OCH3 is 1. The van der Waals surface area contributed by atoms with Crippen molar-refractivity contribution in [3.63, 3.8) is 0 Å². The standard InChI is InChI=1S/C22H23N5O2S/c1-5-19-24-25-22-27(19)26-21(30-22)16-10-11-18(29-4)17(12-16)23-20(28)15-8-6-14(7-9-15)13(2)3/h6-13H,5H2,1-4H3,(H,23,28). The van der Waals surface area contributed by atoms with Crippen LogP contribution in [0.4, 0.5) is 5.69 Å². The molecule has 0 fully saturated rings. The summed E-state index contributed by atoms with van der Waals surface area (Å²) in [4.78, 5) is 13.5. The molecule has 0 aliphatic rings. The summed E-state index contributed by atoms with van der Waals surface area (Å²) < 4.78 is 7.21. The molecule has 0 spiro atoms. The lowest BCUT2D eigenvalue weighted by atomic mass is 10.0. The van der Waals surface area contributed by atoms with Gasteiger partial charge in [0.25, 0.3) is 5.91 Å². The highest BCUT2D eigenvalue weighted by atomic mass is 32.1. The van der Waals surface area contributed by atoms with Crippen LogP contribution in [0.3, 0.4) is 0 Å². The molecule has 7 nitrogen and oxygen atoms in total. The number of nitrogens with one attached hydrogen (secondary N) is 1. The summed E-state index contributed by atoms with van der Waals surface area (Å²) in [5.74, 6) is 1.64. The lowest BCUT2D eigenvalue weighted by molar-refractivity contribution is 0.102. The Balaban J connectivity index is 1.63. The largest absolute Gasteiger partial charge is 0.495 e. The molecule has 4 rings (SSSR count). The number of benzene rings is 2. The number of carbonyl (C=O) groups excluding carboxylic acids is 1. The fourth-order valence-corrected chi connectivity index (χ4v) is 4.00. The molecule has 2 aromatic heterocycles. The summed E-state index contributed by atoms with van der Waals surface area (Å²) in [6, 6.07) is 13.3. The van der Waals surface area contributed by atoms with Gasteiger partial charge < -0.3 is 10.1 Å². The maximum absolute atomic E-state index is 12.8. The second-order valence-electron chi connectivity index (χ2n) is 7.22. The first-order valence-electron chi connectivity index (χ1n) is 9.81. The SMILES string of the molecule is CCc1nnc2sc(-c3ccc(OC)c(NC(=O)c4ccc(C(C)C)cc4)c3)nn12. The van der Waals surface area contributed by atoms with Gasteiger partial charge >= 0.3 is 0 Å². The summed E-state index contributed by atoms with van der Waals surface area (Å²) in [7, 11) is 1.58. The Bertz CT molecular complexity index is 1190. The number of aryl methyl sites for hydroxylation is 1. The predicted octanol–water partition coefficient (Wildman–Crippen LogP) is 4.80. The van der Waals surface area contributed by atoms with Crippen LogP contribution in [0, 0.1) is 0 Å². The van der Waals surface area contributed by atoms with Crippen molar-refractivity contribution in [2.45, 2.75) is 33.1 Å². The van der Waals surface area contributed by atoms with Crippen molar-refractivity contribution in [1.82, 2.24) is 19.8 Å². The summed E-state index contributed by atoms with van der Waals surface area (Å²) in [6.07, 6.45) is 0.754. The second kappa shape index (κ2) is 8.23. The molecule has 0 saturated heterocycles. The van der Waals surface area contributed by atoms with Gasteiger partial charge in [-0.2, -0.15) is 9.61 Å². The molecule has 0 aliphatic heterocycles. The summed E-state index contributed by atoms with van der Waals surface area (Å²) in [6.45, 7) is 6.27. The fraction of sp³-hybridized carbons (Fsp3) is 0.273. The van der Waals surface area contributed by atoms with E-state index in [0.717, 1.165) is 27.8 Å². The molecule has 0 aliphatic carbocycles. The van der Waals surface area contributed by atoms with Crippen LogP contribution < -0.4 is 10.1 Å². The van der Waals surface area contributed by atoms with Crippen molar-refractivity contribution < 1.29 is 9.53 Å². The van der Waals surface area contributed by atoms with Crippen molar-refractivity contribution in [2.75, 3.05) is 12.4 Å². The Morgan fingerprint density at radius 1 is 1.17 bits per heavy atom. The van der Waals surface area contributed by atoms with E-state index in [4.69, 9.17) is 4.74 Å². The molecule has 30 heavy (non-hydrogen) atoms. The van der Waals surface area contributed by atoms with Crippen LogP contribution in [0.1, 0.15) is 48.4 Å². The third kappa shape index (κ3) is 3.78. The molecule has 154 valence electrons. The molecule has 1 amide bonds. The van der Waals surface area contributed by atoms with Crippen molar-refractivity contribution >= 4 is 27.9 Å². The first-order valence-corrected chi connectivity index (χ1v) is 10.6. The number of ether oxygens (including phenoxy) is 1. The van der Waals surface area contributed by atoms with E-state index in [-0.39, 0.29) is 5.91 Å². The van der Waals surface area contributed by atoms with Crippen LogP contribution in [-0.4, -0.2) is 32.8 Å². The Morgan fingerprint density at radius 3 is 2.60 bits per heavy atom. The number of nitrogens with zero attached hydrogens (tertiary/aromatic N) is 4. The molecule has 0 atom stereocenters. The zero-order valence-electron chi connectivity index (χ0n) is 17.3. The highest BCUT2D eigenvalue weighted by Gasteiger charge is 2.15. The van der Waals surface area contributed by atoms with Gasteiger partial charge in [-0.05, 0) is 41.8 Å². The van der Waals surface area contributed by atoms with Crippen LogP contribution in [0.25, 0.3) is 15.5 Å². The monoisotopic (exact) mass is 421 g/mol. The van der Waals surface area contributed by atoms with Gasteiger partial charge in [-0.3, -0.25) is 4.79 Å². The van der Waals surface area contributed by atoms with Gasteiger partial charge in [-0.1, -0.05) is 44.2 Å². The van der Waals surface area contributed by atoms with Gasteiger partial charge in [0, 0.05) is 17.5 Å². The number of anilines is 1. The van der Waals surface area contributed by atoms with Crippen LogP contribution in [-0.2, 0) is 6.42 Å². The van der Waals surface area contributed by atoms with Crippen molar-refractivity contribution in [2.24, 2.45) is 0 Å². The van der Waals surface area contributed by atoms with E-state index in [2.05, 4.69) is 34.5 Å². The van der Waals surface area contributed by atoms with Crippen LogP contribution in [0.2, 0.25) is 0 Å². The van der Waals surface area contributed by atoms with E-state index >= 15 is 0 Å². The first kappa shape index (κ1) is 20.0. The first-order chi connectivity index (χ1) is 14.5. The van der Waals surface area contributed by atoms with Gasteiger partial charge in [-0.25, -0.2) is 0 Å². The zero-order chi connectivity index (χ0) is 21.3. The van der Waals surface area contributed by atoms with E-state index in [1.807, 2.05) is 49.4 Å². The van der Waals surface area contributed by atoms with Gasteiger partial charge in [0.2, 0.25) is 4.96 Å². The minimum atomic E-state index is -0.188. The van der Waals surface area contributed by atoms with Crippen LogP contribution in [0.15, 0.2) is 42.5 Å². The normalized spacial score (nSPS) is 11.2. The number of carbonyl (C=O) groups is 1. The molecule has 0 bridgehead atoms. The molecule has 0 saturated carbocycles. The molecule has 4 aromatic rings.